The average Bonchev–Trinajstić information content (AvgIpc) is 2.40. The number of nitrogens with one attached hydrogen (secondary N) is 2. The van der Waals surface area contributed by atoms with E-state index in [1.165, 1.54) is 0 Å². The number of carbonyl (C=O) groups excluding carboxylic acids is 1. The molecule has 2 saturated heterocycles. The fourth-order valence-electron chi connectivity index (χ4n) is 2.63. The van der Waals surface area contributed by atoms with Crippen LogP contribution in [0.15, 0.2) is 0 Å². The fraction of sp³-hybridized carbons (Fsp3) is 0.923. The Bertz CT molecular complexity index is 476. The summed E-state index contributed by atoms with van der Waals surface area (Å²) < 4.78 is 30.4. The maximum atomic E-state index is 12.2. The standard InChI is InChI=1S/C13H25N3O4S/c1-13(9-14-10-13)20-8-12(17)16-5-3-4-11(7-16)6-15-21(2,18)19/h11,14-15H,3-10H2,1-2H3. The smallest absolute Gasteiger partial charge is 0.248 e. The van der Waals surface area contributed by atoms with Crippen LogP contribution in [-0.2, 0) is 19.6 Å². The highest BCUT2D eigenvalue weighted by Gasteiger charge is 2.34. The molecule has 2 aliphatic rings. The van der Waals surface area contributed by atoms with Crippen molar-refractivity contribution < 1.29 is 17.9 Å². The van der Waals surface area contributed by atoms with Crippen LogP contribution in [0.2, 0.25) is 0 Å². The van der Waals surface area contributed by atoms with Crippen LogP contribution in [0, 0.1) is 5.92 Å². The Kier molecular flexibility index (Phi) is 5.24. The molecule has 0 radical (unpaired) electrons. The highest BCUT2D eigenvalue weighted by molar-refractivity contribution is 7.88. The van der Waals surface area contributed by atoms with Gasteiger partial charge in [0.25, 0.3) is 0 Å². The molecular formula is C13H25N3O4S. The van der Waals surface area contributed by atoms with Gasteiger partial charge in [0.15, 0.2) is 0 Å². The van der Waals surface area contributed by atoms with Gasteiger partial charge in [-0.1, -0.05) is 0 Å². The highest BCUT2D eigenvalue weighted by atomic mass is 32.2. The first kappa shape index (κ1) is 16.7. The number of carbonyl (C=O) groups is 1. The number of rotatable bonds is 6. The zero-order valence-corrected chi connectivity index (χ0v) is 13.5. The van der Waals surface area contributed by atoms with Crippen molar-refractivity contribution in [2.24, 2.45) is 5.92 Å². The van der Waals surface area contributed by atoms with Crippen molar-refractivity contribution in [1.29, 1.82) is 0 Å². The average molecular weight is 319 g/mol. The Labute approximate surface area is 126 Å². The molecule has 0 spiro atoms. The number of hydrogen-bond donors (Lipinski definition) is 2. The molecule has 0 aromatic rings. The van der Waals surface area contributed by atoms with E-state index in [1.807, 2.05) is 6.92 Å². The first-order valence-electron chi connectivity index (χ1n) is 7.34. The topological polar surface area (TPSA) is 87.7 Å². The SMILES string of the molecule is CC1(OCC(=O)N2CCCC(CNS(C)(=O)=O)C2)CNC1. The van der Waals surface area contributed by atoms with Crippen molar-refractivity contribution in [1.82, 2.24) is 14.9 Å². The number of piperidine rings is 1. The fourth-order valence-corrected chi connectivity index (χ4v) is 3.17. The van der Waals surface area contributed by atoms with E-state index in [4.69, 9.17) is 4.74 Å². The summed E-state index contributed by atoms with van der Waals surface area (Å²) in [6.07, 6.45) is 3.00. The molecule has 0 aromatic heterocycles. The molecule has 1 atom stereocenters. The van der Waals surface area contributed by atoms with Crippen LogP contribution in [0.5, 0.6) is 0 Å². The second kappa shape index (κ2) is 6.60. The Morgan fingerprint density at radius 1 is 1.48 bits per heavy atom. The van der Waals surface area contributed by atoms with Crippen molar-refractivity contribution in [3.8, 4) is 0 Å². The first-order valence-corrected chi connectivity index (χ1v) is 9.24. The van der Waals surface area contributed by atoms with Crippen molar-refractivity contribution in [2.75, 3.05) is 45.6 Å². The van der Waals surface area contributed by atoms with Crippen molar-refractivity contribution >= 4 is 15.9 Å². The highest BCUT2D eigenvalue weighted by Crippen LogP contribution is 2.18. The van der Waals surface area contributed by atoms with Crippen LogP contribution in [0.4, 0.5) is 0 Å². The lowest BCUT2D eigenvalue weighted by molar-refractivity contribution is -0.147. The van der Waals surface area contributed by atoms with Gasteiger partial charge in [0.1, 0.15) is 6.61 Å². The number of amides is 1. The summed E-state index contributed by atoms with van der Waals surface area (Å²) in [5, 5.41) is 3.13. The summed E-state index contributed by atoms with van der Waals surface area (Å²) in [6, 6.07) is 0. The van der Waals surface area contributed by atoms with Crippen molar-refractivity contribution in [2.45, 2.75) is 25.4 Å². The lowest BCUT2D eigenvalue weighted by Crippen LogP contribution is -2.60. The lowest BCUT2D eigenvalue weighted by Gasteiger charge is -2.40. The molecule has 0 aromatic carbocycles. The second-order valence-corrected chi connectivity index (χ2v) is 8.14. The summed E-state index contributed by atoms with van der Waals surface area (Å²) in [6.45, 7) is 5.37. The van der Waals surface area contributed by atoms with Gasteiger partial charge in [-0.25, -0.2) is 13.1 Å². The first-order chi connectivity index (χ1) is 9.77. The third-order valence-corrected chi connectivity index (χ3v) is 4.74. The molecule has 2 N–H and O–H groups in total. The predicted octanol–water partition coefficient (Wildman–Crippen LogP) is -0.847. The summed E-state index contributed by atoms with van der Waals surface area (Å²) in [7, 11) is -3.17. The molecule has 21 heavy (non-hydrogen) atoms. The summed E-state index contributed by atoms with van der Waals surface area (Å²) >= 11 is 0. The summed E-state index contributed by atoms with van der Waals surface area (Å²) in [4.78, 5) is 14.0. The minimum atomic E-state index is -3.17. The molecule has 2 rings (SSSR count). The predicted molar refractivity (Wildman–Crippen MR) is 79.4 cm³/mol. The van der Waals surface area contributed by atoms with E-state index in [0.717, 1.165) is 38.7 Å². The molecule has 122 valence electrons. The van der Waals surface area contributed by atoms with Crippen molar-refractivity contribution in [3.05, 3.63) is 0 Å². The largest absolute Gasteiger partial charge is 0.363 e. The molecule has 2 heterocycles. The number of hydrogen-bond acceptors (Lipinski definition) is 5. The monoisotopic (exact) mass is 319 g/mol. The van der Waals surface area contributed by atoms with Gasteiger partial charge in [-0.15, -0.1) is 0 Å². The van der Waals surface area contributed by atoms with E-state index in [2.05, 4.69) is 10.0 Å². The van der Waals surface area contributed by atoms with E-state index in [0.29, 0.717) is 13.1 Å². The Morgan fingerprint density at radius 3 is 2.76 bits per heavy atom. The zero-order chi connectivity index (χ0) is 15.5. The normalized spacial score (nSPS) is 25.4. The van der Waals surface area contributed by atoms with Gasteiger partial charge in [0.05, 0.1) is 11.9 Å². The molecular weight excluding hydrogens is 294 g/mol. The van der Waals surface area contributed by atoms with Crippen LogP contribution in [-0.4, -0.2) is 70.4 Å². The number of sulfonamides is 1. The second-order valence-electron chi connectivity index (χ2n) is 6.31. The van der Waals surface area contributed by atoms with Gasteiger partial charge in [-0.05, 0) is 25.7 Å². The van der Waals surface area contributed by atoms with Crippen LogP contribution >= 0.6 is 0 Å². The van der Waals surface area contributed by atoms with Crippen LogP contribution in [0.3, 0.4) is 0 Å². The van der Waals surface area contributed by atoms with E-state index in [9.17, 15) is 13.2 Å². The van der Waals surface area contributed by atoms with Crippen molar-refractivity contribution in [3.63, 3.8) is 0 Å². The van der Waals surface area contributed by atoms with Gasteiger partial charge in [0.2, 0.25) is 15.9 Å². The molecule has 0 aliphatic carbocycles. The van der Waals surface area contributed by atoms with Gasteiger partial charge < -0.3 is 15.0 Å². The van der Waals surface area contributed by atoms with Gasteiger partial charge >= 0.3 is 0 Å². The third kappa shape index (κ3) is 5.21. The van der Waals surface area contributed by atoms with E-state index in [1.54, 1.807) is 4.90 Å². The molecule has 2 aliphatic heterocycles. The van der Waals surface area contributed by atoms with Gasteiger partial charge in [-0.2, -0.15) is 0 Å². The number of nitrogens with zero attached hydrogens (tertiary/aromatic N) is 1. The maximum Gasteiger partial charge on any atom is 0.248 e. The van der Waals surface area contributed by atoms with Crippen LogP contribution < -0.4 is 10.0 Å². The van der Waals surface area contributed by atoms with Crippen LogP contribution in [0.25, 0.3) is 0 Å². The third-order valence-electron chi connectivity index (χ3n) is 4.05. The molecule has 0 bridgehead atoms. The summed E-state index contributed by atoms with van der Waals surface area (Å²) in [5.41, 5.74) is -0.220. The maximum absolute atomic E-state index is 12.2. The Morgan fingerprint density at radius 2 is 2.19 bits per heavy atom. The number of likely N-dealkylation sites (tertiary alicyclic amines) is 1. The summed E-state index contributed by atoms with van der Waals surface area (Å²) in [5.74, 6) is 0.172. The molecule has 2 fully saturated rings. The van der Waals surface area contributed by atoms with E-state index < -0.39 is 10.0 Å². The minimum absolute atomic E-state index is 0.00724. The Hall–Kier alpha value is -0.700. The Balaban J connectivity index is 1.75. The molecule has 7 nitrogen and oxygen atoms in total. The molecule has 1 amide bonds. The minimum Gasteiger partial charge on any atom is -0.363 e. The van der Waals surface area contributed by atoms with E-state index >= 15 is 0 Å². The molecule has 8 heteroatoms. The van der Waals surface area contributed by atoms with Gasteiger partial charge in [-0.3, -0.25) is 4.79 Å². The van der Waals surface area contributed by atoms with Crippen LogP contribution in [0.1, 0.15) is 19.8 Å². The molecule has 0 saturated carbocycles. The van der Waals surface area contributed by atoms with E-state index in [-0.39, 0.29) is 24.0 Å². The zero-order valence-electron chi connectivity index (χ0n) is 12.7. The molecule has 1 unspecified atom stereocenters. The lowest BCUT2D eigenvalue weighted by atomic mass is 9.98. The van der Waals surface area contributed by atoms with Gasteiger partial charge in [0, 0.05) is 32.7 Å². The quantitative estimate of drug-likeness (QED) is 0.666. The number of ether oxygens (including phenoxy) is 1.